The zero-order chi connectivity index (χ0) is 8.27. The first-order chi connectivity index (χ1) is 5.29. The molecule has 1 radical (unpaired) electrons. The van der Waals surface area contributed by atoms with E-state index in [2.05, 4.69) is 4.74 Å². The van der Waals surface area contributed by atoms with Crippen molar-refractivity contribution >= 4 is 0 Å². The normalized spacial score (nSPS) is 9.73. The molecular formula is C8H8FO2. The van der Waals surface area contributed by atoms with Crippen molar-refractivity contribution in [3.05, 3.63) is 36.2 Å². The van der Waals surface area contributed by atoms with Crippen molar-refractivity contribution in [3.8, 4) is 5.75 Å². The number of ether oxygens (including phenoxy) is 1. The van der Waals surface area contributed by atoms with Crippen LogP contribution in [0.4, 0.5) is 4.39 Å². The highest BCUT2D eigenvalue weighted by Gasteiger charge is 2.06. The maximum absolute atomic E-state index is 13.0. The zero-order valence-corrected chi connectivity index (χ0v) is 6.04. The van der Waals surface area contributed by atoms with Crippen LogP contribution >= 0.6 is 0 Å². The maximum atomic E-state index is 13.0. The fraction of sp³-hybridized carbons (Fsp3) is 0.125. The first kappa shape index (κ1) is 8.01. The average Bonchev–Trinajstić information content (AvgIpc) is 2.05. The monoisotopic (exact) mass is 155 g/mol. The lowest BCUT2D eigenvalue weighted by atomic mass is 10.2. The minimum absolute atomic E-state index is 0.129. The van der Waals surface area contributed by atoms with Gasteiger partial charge in [-0.15, -0.1) is 0 Å². The lowest BCUT2D eigenvalue weighted by molar-refractivity contribution is 0.373. The average molecular weight is 155 g/mol. The summed E-state index contributed by atoms with van der Waals surface area (Å²) in [5.41, 5.74) is 0.129. The molecule has 0 amide bonds. The summed E-state index contributed by atoms with van der Waals surface area (Å²) >= 11 is 0. The molecule has 0 aliphatic carbocycles. The van der Waals surface area contributed by atoms with E-state index in [0.29, 0.717) is 6.61 Å². The number of methoxy groups -OCH3 is 1. The molecule has 0 aliphatic heterocycles. The standard InChI is InChI=1S/C8H8FO2/c1-11-7-4-2-3-6(5-10)8(7)9/h2-5,10H,1H3. The molecule has 0 aromatic heterocycles. The van der Waals surface area contributed by atoms with Gasteiger partial charge in [-0.25, -0.2) is 4.39 Å². The van der Waals surface area contributed by atoms with E-state index in [9.17, 15) is 4.39 Å². The molecule has 3 heteroatoms. The van der Waals surface area contributed by atoms with Crippen LogP contribution in [0, 0.1) is 12.4 Å². The molecule has 1 aromatic rings. The number of hydrogen-bond acceptors (Lipinski definition) is 2. The van der Waals surface area contributed by atoms with Crippen molar-refractivity contribution in [2.45, 2.75) is 0 Å². The van der Waals surface area contributed by atoms with Crippen LogP contribution in [0.25, 0.3) is 0 Å². The predicted octanol–water partition coefficient (Wildman–Crippen LogP) is 1.72. The minimum atomic E-state index is -0.544. The Morgan fingerprint density at radius 2 is 2.27 bits per heavy atom. The van der Waals surface area contributed by atoms with Crippen LogP contribution in [0.3, 0.4) is 0 Å². The number of halogens is 1. The number of hydrogen-bond donors (Lipinski definition) is 1. The fourth-order valence-corrected chi connectivity index (χ4v) is 0.785. The Kier molecular flexibility index (Phi) is 2.44. The minimum Gasteiger partial charge on any atom is -0.494 e. The van der Waals surface area contributed by atoms with Crippen LogP contribution in [-0.2, 0) is 0 Å². The molecule has 0 unspecified atom stereocenters. The Bertz CT molecular complexity index is 226. The van der Waals surface area contributed by atoms with E-state index in [4.69, 9.17) is 5.11 Å². The smallest absolute Gasteiger partial charge is 0.170 e. The molecule has 0 fully saturated rings. The van der Waals surface area contributed by atoms with Gasteiger partial charge in [0, 0.05) is 5.56 Å². The second-order valence-corrected chi connectivity index (χ2v) is 1.99. The largest absolute Gasteiger partial charge is 0.494 e. The Morgan fingerprint density at radius 1 is 1.55 bits per heavy atom. The molecule has 1 rings (SSSR count). The summed E-state index contributed by atoms with van der Waals surface area (Å²) in [7, 11) is 1.37. The molecule has 0 bridgehead atoms. The summed E-state index contributed by atoms with van der Waals surface area (Å²) in [4.78, 5) is 0. The molecule has 1 N–H and O–H groups in total. The van der Waals surface area contributed by atoms with Gasteiger partial charge >= 0.3 is 0 Å². The van der Waals surface area contributed by atoms with Crippen molar-refractivity contribution in [3.63, 3.8) is 0 Å². The van der Waals surface area contributed by atoms with E-state index >= 15 is 0 Å². The van der Waals surface area contributed by atoms with Gasteiger partial charge in [0.2, 0.25) is 0 Å². The zero-order valence-electron chi connectivity index (χ0n) is 6.04. The molecule has 0 spiro atoms. The second kappa shape index (κ2) is 3.34. The van der Waals surface area contributed by atoms with Gasteiger partial charge in [-0.1, -0.05) is 12.1 Å². The van der Waals surface area contributed by atoms with E-state index in [0.717, 1.165) is 0 Å². The highest BCUT2D eigenvalue weighted by Crippen LogP contribution is 2.19. The fourth-order valence-electron chi connectivity index (χ4n) is 0.785. The molecule has 2 nitrogen and oxygen atoms in total. The van der Waals surface area contributed by atoms with E-state index in [-0.39, 0.29) is 11.3 Å². The Balaban J connectivity index is 3.10. The van der Waals surface area contributed by atoms with Crippen LogP contribution < -0.4 is 4.74 Å². The predicted molar refractivity (Wildman–Crippen MR) is 38.3 cm³/mol. The van der Waals surface area contributed by atoms with E-state index in [1.54, 1.807) is 6.07 Å². The molecule has 0 saturated heterocycles. The van der Waals surface area contributed by atoms with E-state index < -0.39 is 5.82 Å². The highest BCUT2D eigenvalue weighted by atomic mass is 19.1. The van der Waals surface area contributed by atoms with Crippen molar-refractivity contribution < 1.29 is 14.2 Å². The van der Waals surface area contributed by atoms with Gasteiger partial charge in [-0.05, 0) is 6.07 Å². The molecule has 59 valence electrons. The summed E-state index contributed by atoms with van der Waals surface area (Å²) in [6.45, 7) is 0.706. The Hall–Kier alpha value is -1.09. The quantitative estimate of drug-likeness (QED) is 0.704. The summed E-state index contributed by atoms with van der Waals surface area (Å²) in [5.74, 6) is -0.412. The van der Waals surface area contributed by atoms with Crippen molar-refractivity contribution in [2.75, 3.05) is 7.11 Å². The van der Waals surface area contributed by atoms with Crippen LogP contribution in [-0.4, -0.2) is 12.2 Å². The molecule has 0 saturated carbocycles. The van der Waals surface area contributed by atoms with E-state index in [1.807, 2.05) is 0 Å². The SMILES string of the molecule is COc1cccc([CH]O)c1F. The van der Waals surface area contributed by atoms with Crippen LogP contribution in [0.5, 0.6) is 5.75 Å². The summed E-state index contributed by atoms with van der Waals surface area (Å²) in [6, 6.07) is 4.55. The lowest BCUT2D eigenvalue weighted by Crippen LogP contribution is -1.92. The maximum Gasteiger partial charge on any atom is 0.170 e. The molecule has 0 atom stereocenters. The summed E-state index contributed by atoms with van der Waals surface area (Å²) < 4.78 is 17.6. The third kappa shape index (κ3) is 1.49. The Morgan fingerprint density at radius 3 is 2.82 bits per heavy atom. The third-order valence-electron chi connectivity index (χ3n) is 1.35. The van der Waals surface area contributed by atoms with Gasteiger partial charge in [-0.3, -0.25) is 0 Å². The Labute approximate surface area is 64.2 Å². The first-order valence-electron chi connectivity index (χ1n) is 3.09. The van der Waals surface area contributed by atoms with Crippen LogP contribution in [0.2, 0.25) is 0 Å². The molecule has 11 heavy (non-hydrogen) atoms. The van der Waals surface area contributed by atoms with Gasteiger partial charge in [0.05, 0.1) is 7.11 Å². The van der Waals surface area contributed by atoms with E-state index in [1.165, 1.54) is 19.2 Å². The van der Waals surface area contributed by atoms with Crippen molar-refractivity contribution in [1.82, 2.24) is 0 Å². The molecule has 0 aliphatic rings. The second-order valence-electron chi connectivity index (χ2n) is 1.99. The molecule has 0 heterocycles. The topological polar surface area (TPSA) is 29.5 Å². The first-order valence-corrected chi connectivity index (χ1v) is 3.09. The van der Waals surface area contributed by atoms with Gasteiger partial charge < -0.3 is 9.84 Å². The number of aliphatic hydroxyl groups excluding tert-OH is 1. The van der Waals surface area contributed by atoms with Crippen molar-refractivity contribution in [2.24, 2.45) is 0 Å². The van der Waals surface area contributed by atoms with Crippen LogP contribution in [0.1, 0.15) is 5.56 Å². The number of benzene rings is 1. The van der Waals surface area contributed by atoms with Gasteiger partial charge in [0.25, 0.3) is 0 Å². The van der Waals surface area contributed by atoms with Gasteiger partial charge in [-0.2, -0.15) is 0 Å². The molecule has 1 aromatic carbocycles. The van der Waals surface area contributed by atoms with Gasteiger partial charge in [0.1, 0.15) is 6.61 Å². The summed E-state index contributed by atoms with van der Waals surface area (Å²) in [5, 5.41) is 8.52. The third-order valence-corrected chi connectivity index (χ3v) is 1.35. The van der Waals surface area contributed by atoms with Crippen LogP contribution in [0.15, 0.2) is 18.2 Å². The highest BCUT2D eigenvalue weighted by molar-refractivity contribution is 5.33. The lowest BCUT2D eigenvalue weighted by Gasteiger charge is -2.03. The summed E-state index contributed by atoms with van der Waals surface area (Å²) in [6.07, 6.45) is 0. The number of rotatable bonds is 2. The van der Waals surface area contributed by atoms with Gasteiger partial charge in [0.15, 0.2) is 11.6 Å². The number of aliphatic hydroxyl groups is 1. The molecular weight excluding hydrogens is 147 g/mol. The van der Waals surface area contributed by atoms with Crippen molar-refractivity contribution in [1.29, 1.82) is 0 Å².